The normalized spacial score (nSPS) is 14.0. The molecule has 49 heavy (non-hydrogen) atoms. The average molecular weight is 689 g/mol. The number of nitrogens with zero attached hydrogens (tertiary/aromatic N) is 2. The Bertz CT molecular complexity index is 1920. The van der Waals surface area contributed by atoms with Crippen molar-refractivity contribution < 1.29 is 38.7 Å². The molecule has 0 spiro atoms. The Balaban J connectivity index is 1.02. The fraction of sp³-hybridized carbons (Fsp3) is 0.306. The summed E-state index contributed by atoms with van der Waals surface area (Å²) < 4.78 is 21.6. The second kappa shape index (κ2) is 16.1. The van der Waals surface area contributed by atoms with E-state index in [1.165, 1.54) is 0 Å². The summed E-state index contributed by atoms with van der Waals surface area (Å²) in [5.41, 5.74) is 3.00. The number of phenols is 1. The molecule has 0 saturated carbocycles. The number of fused-ring (bicyclic) bond motifs is 4. The van der Waals surface area contributed by atoms with Crippen molar-refractivity contribution in [2.75, 3.05) is 75.5 Å². The Labute approximate surface area is 287 Å². The Kier molecular flexibility index (Phi) is 11.2. The molecule has 0 radical (unpaired) electrons. The lowest BCUT2D eigenvalue weighted by molar-refractivity contribution is 0.00361. The van der Waals surface area contributed by atoms with Gasteiger partial charge in [-0.15, -0.1) is 11.6 Å². The van der Waals surface area contributed by atoms with Crippen molar-refractivity contribution in [3.05, 3.63) is 89.7 Å². The van der Waals surface area contributed by atoms with Gasteiger partial charge in [0.25, 0.3) is 11.8 Å². The van der Waals surface area contributed by atoms with Crippen LogP contribution in [0.5, 0.6) is 11.5 Å². The van der Waals surface area contributed by atoms with Crippen LogP contribution in [-0.4, -0.2) is 97.3 Å². The smallest absolute Gasteiger partial charge is 0.274 e. The first-order valence-electron chi connectivity index (χ1n) is 16.0. The zero-order valence-corrected chi connectivity index (χ0v) is 27.4. The van der Waals surface area contributed by atoms with Crippen molar-refractivity contribution in [1.82, 2.24) is 9.97 Å². The minimum Gasteiger partial charge on any atom is -0.507 e. The molecule has 2 amide bonds. The molecule has 0 saturated heterocycles. The van der Waals surface area contributed by atoms with Crippen LogP contribution in [0.15, 0.2) is 72.9 Å². The van der Waals surface area contributed by atoms with Gasteiger partial charge in [-0.2, -0.15) is 0 Å². The molecule has 4 N–H and O–H groups in total. The standard InChI is InChI=1S/C36H37ClN4O8/c37-20-25-22-41(31-19-32(43)27-3-1-2-4-28(27)34(25)31)36(45)29-17-24-18-33(38-21-30(24)39-29)40-35(44)23-5-7-26(8-6-23)49-16-15-48-14-13-47-12-11-46-10-9-42/h1-8,17-19,21,25,39,42-43H,9-16,20,22H2,(H,38,40,44)/t25-/m1/s1. The molecule has 1 aliphatic rings. The number of aromatic amines is 1. The van der Waals surface area contributed by atoms with Crippen LogP contribution in [-0.2, 0) is 14.2 Å². The van der Waals surface area contributed by atoms with E-state index in [1.807, 2.05) is 24.3 Å². The molecule has 3 aromatic carbocycles. The minimum absolute atomic E-state index is 0.00586. The van der Waals surface area contributed by atoms with E-state index in [0.717, 1.165) is 16.3 Å². The van der Waals surface area contributed by atoms with E-state index in [4.69, 9.17) is 35.7 Å². The van der Waals surface area contributed by atoms with Crippen LogP contribution in [0.25, 0.3) is 21.7 Å². The molecule has 2 aromatic heterocycles. The molecule has 6 rings (SSSR count). The fourth-order valence-electron chi connectivity index (χ4n) is 5.82. The number of pyridine rings is 1. The van der Waals surface area contributed by atoms with E-state index in [1.54, 1.807) is 53.6 Å². The Hall–Kier alpha value is -4.72. The van der Waals surface area contributed by atoms with Gasteiger partial charge in [0.05, 0.1) is 63.6 Å². The quantitative estimate of drug-likeness (QED) is 0.0821. The van der Waals surface area contributed by atoms with Crippen molar-refractivity contribution in [3.63, 3.8) is 0 Å². The van der Waals surface area contributed by atoms with E-state index >= 15 is 0 Å². The molecule has 1 atom stereocenters. The molecule has 0 unspecified atom stereocenters. The number of aliphatic hydroxyl groups excluding tert-OH is 1. The number of anilines is 2. The maximum Gasteiger partial charge on any atom is 0.274 e. The molecular formula is C36H37ClN4O8. The summed E-state index contributed by atoms with van der Waals surface area (Å²) in [5, 5.41) is 24.5. The predicted molar refractivity (Wildman–Crippen MR) is 186 cm³/mol. The molecule has 0 bridgehead atoms. The number of nitrogens with one attached hydrogen (secondary N) is 2. The predicted octanol–water partition coefficient (Wildman–Crippen LogP) is 5.08. The third-order valence-corrected chi connectivity index (χ3v) is 8.52. The van der Waals surface area contributed by atoms with E-state index in [9.17, 15) is 14.7 Å². The minimum atomic E-state index is -0.344. The van der Waals surface area contributed by atoms with Crippen LogP contribution in [0, 0.1) is 0 Å². The molecule has 0 fully saturated rings. The number of rotatable bonds is 16. The van der Waals surface area contributed by atoms with Crippen molar-refractivity contribution in [2.45, 2.75) is 5.92 Å². The lowest BCUT2D eigenvalue weighted by atomic mass is 9.95. The Morgan fingerprint density at radius 3 is 2.33 bits per heavy atom. The van der Waals surface area contributed by atoms with Gasteiger partial charge in [0.15, 0.2) is 0 Å². The number of aromatic hydroxyl groups is 1. The van der Waals surface area contributed by atoms with Crippen LogP contribution in [0.4, 0.5) is 11.5 Å². The molecule has 0 aliphatic carbocycles. The number of ether oxygens (including phenoxy) is 4. The highest BCUT2D eigenvalue weighted by atomic mass is 35.5. The molecule has 256 valence electrons. The van der Waals surface area contributed by atoms with Gasteiger partial charge in [-0.1, -0.05) is 24.3 Å². The number of aromatic nitrogens is 2. The van der Waals surface area contributed by atoms with Gasteiger partial charge < -0.3 is 44.4 Å². The highest BCUT2D eigenvalue weighted by Crippen LogP contribution is 2.45. The number of alkyl halides is 1. The second-order valence-corrected chi connectivity index (χ2v) is 11.7. The number of carbonyl (C=O) groups excluding carboxylic acids is 2. The average Bonchev–Trinajstić information content (AvgIpc) is 3.72. The third kappa shape index (κ3) is 7.96. The van der Waals surface area contributed by atoms with Crippen LogP contribution >= 0.6 is 11.6 Å². The number of benzene rings is 3. The summed E-state index contributed by atoms with van der Waals surface area (Å²) >= 11 is 6.35. The highest BCUT2D eigenvalue weighted by molar-refractivity contribution is 6.19. The SMILES string of the molecule is O=C(Nc1cc2cc(C(=O)N3C[C@@H](CCl)c4c3cc(O)c3ccccc43)[nH]c2cn1)c1ccc(OCCOCCOCCOCCO)cc1. The first-order chi connectivity index (χ1) is 24.0. The van der Waals surface area contributed by atoms with E-state index in [2.05, 4.69) is 15.3 Å². The zero-order valence-electron chi connectivity index (χ0n) is 26.7. The van der Waals surface area contributed by atoms with Gasteiger partial charge in [-0.3, -0.25) is 9.59 Å². The third-order valence-electron chi connectivity index (χ3n) is 8.15. The van der Waals surface area contributed by atoms with Crippen LogP contribution in [0.2, 0.25) is 0 Å². The molecule has 5 aromatic rings. The van der Waals surface area contributed by atoms with Crippen molar-refractivity contribution in [1.29, 1.82) is 0 Å². The number of hydrogen-bond donors (Lipinski definition) is 4. The van der Waals surface area contributed by atoms with Gasteiger partial charge in [0.2, 0.25) is 0 Å². The topological polar surface area (TPSA) is 155 Å². The summed E-state index contributed by atoms with van der Waals surface area (Å²) in [4.78, 5) is 35.9. The number of carbonyl (C=O) groups is 2. The van der Waals surface area contributed by atoms with Gasteiger partial charge in [0, 0.05) is 40.7 Å². The molecular weight excluding hydrogens is 652 g/mol. The number of amides is 2. The first kappa shape index (κ1) is 34.2. The summed E-state index contributed by atoms with van der Waals surface area (Å²) in [5.74, 6) is 0.681. The molecule has 13 heteroatoms. The first-order valence-corrected chi connectivity index (χ1v) is 16.5. The van der Waals surface area contributed by atoms with Crippen molar-refractivity contribution >= 4 is 56.6 Å². The number of phenolic OH excluding ortho intramolecular Hbond substituents is 1. The molecule has 1 aliphatic heterocycles. The Morgan fingerprint density at radius 2 is 1.61 bits per heavy atom. The highest BCUT2D eigenvalue weighted by Gasteiger charge is 2.35. The second-order valence-electron chi connectivity index (χ2n) is 11.4. The summed E-state index contributed by atoms with van der Waals surface area (Å²) in [6.07, 6.45) is 1.57. The summed E-state index contributed by atoms with van der Waals surface area (Å²) in [6.45, 7) is 3.13. The number of H-pyrrole nitrogens is 1. The van der Waals surface area contributed by atoms with Crippen LogP contribution in [0.1, 0.15) is 32.3 Å². The summed E-state index contributed by atoms with van der Waals surface area (Å²) in [6, 6.07) is 19.4. The van der Waals surface area contributed by atoms with Crippen LogP contribution < -0.4 is 15.0 Å². The van der Waals surface area contributed by atoms with E-state index < -0.39 is 0 Å². The van der Waals surface area contributed by atoms with Gasteiger partial charge >= 0.3 is 0 Å². The maximum absolute atomic E-state index is 13.8. The molecule has 12 nitrogen and oxygen atoms in total. The fourth-order valence-corrected chi connectivity index (χ4v) is 6.07. The summed E-state index contributed by atoms with van der Waals surface area (Å²) in [7, 11) is 0. The van der Waals surface area contributed by atoms with Gasteiger partial charge in [-0.25, -0.2) is 4.98 Å². The largest absolute Gasteiger partial charge is 0.507 e. The van der Waals surface area contributed by atoms with Crippen molar-refractivity contribution in [2.24, 2.45) is 0 Å². The van der Waals surface area contributed by atoms with E-state index in [0.29, 0.717) is 98.1 Å². The number of hydrogen-bond acceptors (Lipinski definition) is 9. The van der Waals surface area contributed by atoms with Crippen molar-refractivity contribution in [3.8, 4) is 11.5 Å². The van der Waals surface area contributed by atoms with Gasteiger partial charge in [-0.05, 0) is 47.3 Å². The van der Waals surface area contributed by atoms with Gasteiger partial charge in [0.1, 0.15) is 29.6 Å². The van der Waals surface area contributed by atoms with Crippen LogP contribution in [0.3, 0.4) is 0 Å². The lowest BCUT2D eigenvalue weighted by Gasteiger charge is -2.17. The number of aliphatic hydroxyl groups is 1. The Morgan fingerprint density at radius 1 is 0.918 bits per heavy atom. The lowest BCUT2D eigenvalue weighted by Crippen LogP contribution is -2.30. The monoisotopic (exact) mass is 688 g/mol. The maximum atomic E-state index is 13.8. The number of halogens is 1. The zero-order chi connectivity index (χ0) is 34.2. The molecule has 3 heterocycles. The van der Waals surface area contributed by atoms with E-state index in [-0.39, 0.29) is 30.1 Å².